The largest absolute Gasteiger partial charge is 0.494 e. The molecule has 0 heterocycles. The molecular formula is C18H31NO2. The lowest BCUT2D eigenvalue weighted by molar-refractivity contribution is 0.0770. The maximum absolute atomic E-state index is 5.71. The monoisotopic (exact) mass is 293 g/mol. The highest BCUT2D eigenvalue weighted by molar-refractivity contribution is 5.27. The van der Waals surface area contributed by atoms with E-state index < -0.39 is 0 Å². The molecule has 0 saturated carbocycles. The van der Waals surface area contributed by atoms with Crippen LogP contribution in [0.5, 0.6) is 5.75 Å². The Bertz CT molecular complexity index is 360. The van der Waals surface area contributed by atoms with Gasteiger partial charge in [-0.1, -0.05) is 26.0 Å². The van der Waals surface area contributed by atoms with Crippen LogP contribution in [0, 0.1) is 5.92 Å². The second-order valence-corrected chi connectivity index (χ2v) is 6.12. The normalized spacial score (nSPS) is 11.3. The lowest BCUT2D eigenvalue weighted by Crippen LogP contribution is -2.17. The standard InChI is InChI=1S/C18H31NO2/c1-15(2)10-13-21-18-8-6-17(7-9-18)14-19-11-5-12-20-16(3)4/h6-9,15-16,19H,5,10-14H2,1-4H3. The Labute approximate surface area is 130 Å². The third-order valence-electron chi connectivity index (χ3n) is 3.17. The summed E-state index contributed by atoms with van der Waals surface area (Å²) in [6, 6.07) is 8.36. The molecule has 0 unspecified atom stereocenters. The minimum Gasteiger partial charge on any atom is -0.494 e. The van der Waals surface area contributed by atoms with Crippen molar-refractivity contribution in [1.29, 1.82) is 0 Å². The smallest absolute Gasteiger partial charge is 0.119 e. The van der Waals surface area contributed by atoms with Gasteiger partial charge < -0.3 is 14.8 Å². The van der Waals surface area contributed by atoms with Crippen LogP contribution < -0.4 is 10.1 Å². The zero-order chi connectivity index (χ0) is 15.5. The minimum atomic E-state index is 0.327. The molecule has 0 radical (unpaired) electrons. The average molecular weight is 293 g/mol. The Morgan fingerprint density at radius 2 is 1.71 bits per heavy atom. The van der Waals surface area contributed by atoms with E-state index in [1.165, 1.54) is 5.56 Å². The summed E-state index contributed by atoms with van der Waals surface area (Å²) in [7, 11) is 0. The second-order valence-electron chi connectivity index (χ2n) is 6.12. The van der Waals surface area contributed by atoms with Crippen LogP contribution >= 0.6 is 0 Å². The van der Waals surface area contributed by atoms with Crippen molar-refractivity contribution in [2.45, 2.75) is 53.2 Å². The first-order valence-corrected chi connectivity index (χ1v) is 8.12. The fourth-order valence-electron chi connectivity index (χ4n) is 1.86. The third kappa shape index (κ3) is 9.48. The van der Waals surface area contributed by atoms with Gasteiger partial charge in [0.05, 0.1) is 12.7 Å². The molecule has 3 nitrogen and oxygen atoms in total. The molecular weight excluding hydrogens is 262 g/mol. The first-order valence-electron chi connectivity index (χ1n) is 8.12. The molecule has 0 fully saturated rings. The zero-order valence-corrected chi connectivity index (χ0v) is 14.0. The van der Waals surface area contributed by atoms with Crippen LogP contribution in [0.4, 0.5) is 0 Å². The zero-order valence-electron chi connectivity index (χ0n) is 14.0. The molecule has 1 N–H and O–H groups in total. The van der Waals surface area contributed by atoms with Crippen LogP contribution in [0.25, 0.3) is 0 Å². The maximum atomic E-state index is 5.71. The van der Waals surface area contributed by atoms with Crippen molar-refractivity contribution in [3.8, 4) is 5.75 Å². The van der Waals surface area contributed by atoms with E-state index >= 15 is 0 Å². The van der Waals surface area contributed by atoms with Crippen molar-refractivity contribution in [2.24, 2.45) is 5.92 Å². The molecule has 21 heavy (non-hydrogen) atoms. The number of nitrogens with one attached hydrogen (secondary N) is 1. The Balaban J connectivity index is 2.13. The number of benzene rings is 1. The Morgan fingerprint density at radius 1 is 1.00 bits per heavy atom. The van der Waals surface area contributed by atoms with Crippen LogP contribution in [0.2, 0.25) is 0 Å². The van der Waals surface area contributed by atoms with Crippen LogP contribution in [0.1, 0.15) is 46.1 Å². The minimum absolute atomic E-state index is 0.327. The van der Waals surface area contributed by atoms with E-state index in [-0.39, 0.29) is 0 Å². The molecule has 120 valence electrons. The van der Waals surface area contributed by atoms with Gasteiger partial charge >= 0.3 is 0 Å². The van der Waals surface area contributed by atoms with Crippen LogP contribution in [0.15, 0.2) is 24.3 Å². The van der Waals surface area contributed by atoms with Crippen LogP contribution in [-0.2, 0) is 11.3 Å². The third-order valence-corrected chi connectivity index (χ3v) is 3.17. The number of hydrogen-bond acceptors (Lipinski definition) is 3. The van der Waals surface area contributed by atoms with Gasteiger partial charge in [0.25, 0.3) is 0 Å². The van der Waals surface area contributed by atoms with Crippen molar-refractivity contribution in [1.82, 2.24) is 5.32 Å². The van der Waals surface area contributed by atoms with E-state index in [0.29, 0.717) is 12.0 Å². The predicted octanol–water partition coefficient (Wildman–Crippen LogP) is 4.02. The fourth-order valence-corrected chi connectivity index (χ4v) is 1.86. The van der Waals surface area contributed by atoms with Gasteiger partial charge in [-0.05, 0) is 56.8 Å². The van der Waals surface area contributed by atoms with Crippen LogP contribution in [0.3, 0.4) is 0 Å². The summed E-state index contributed by atoms with van der Waals surface area (Å²) in [5, 5.41) is 3.43. The van der Waals surface area contributed by atoms with Gasteiger partial charge in [-0.2, -0.15) is 0 Å². The van der Waals surface area contributed by atoms with E-state index in [4.69, 9.17) is 9.47 Å². The number of hydrogen-bond donors (Lipinski definition) is 1. The molecule has 0 aromatic heterocycles. The molecule has 0 aliphatic rings. The van der Waals surface area contributed by atoms with Gasteiger partial charge in [0, 0.05) is 13.2 Å². The van der Waals surface area contributed by atoms with E-state index in [2.05, 4.69) is 57.3 Å². The van der Waals surface area contributed by atoms with Gasteiger partial charge in [-0.25, -0.2) is 0 Å². The molecule has 1 rings (SSSR count). The van der Waals surface area contributed by atoms with E-state index in [1.54, 1.807) is 0 Å². The molecule has 0 saturated heterocycles. The highest BCUT2D eigenvalue weighted by Crippen LogP contribution is 2.13. The van der Waals surface area contributed by atoms with Crippen molar-refractivity contribution in [3.05, 3.63) is 29.8 Å². The van der Waals surface area contributed by atoms with Crippen molar-refractivity contribution < 1.29 is 9.47 Å². The Kier molecular flexibility index (Phi) is 9.11. The lowest BCUT2D eigenvalue weighted by Gasteiger charge is -2.10. The van der Waals surface area contributed by atoms with Gasteiger partial charge in [-0.15, -0.1) is 0 Å². The highest BCUT2D eigenvalue weighted by Gasteiger charge is 1.98. The maximum Gasteiger partial charge on any atom is 0.119 e. The van der Waals surface area contributed by atoms with Crippen molar-refractivity contribution in [2.75, 3.05) is 19.8 Å². The summed E-state index contributed by atoms with van der Waals surface area (Å²) in [5.74, 6) is 1.65. The summed E-state index contributed by atoms with van der Waals surface area (Å²) >= 11 is 0. The highest BCUT2D eigenvalue weighted by atomic mass is 16.5. The van der Waals surface area contributed by atoms with E-state index in [0.717, 1.165) is 44.9 Å². The molecule has 3 heteroatoms. The summed E-state index contributed by atoms with van der Waals surface area (Å²) in [6.45, 7) is 12.1. The van der Waals surface area contributed by atoms with Gasteiger partial charge in [-0.3, -0.25) is 0 Å². The summed E-state index contributed by atoms with van der Waals surface area (Å²) in [4.78, 5) is 0. The van der Waals surface area contributed by atoms with Crippen LogP contribution in [-0.4, -0.2) is 25.9 Å². The predicted molar refractivity (Wildman–Crippen MR) is 88.8 cm³/mol. The number of ether oxygens (including phenoxy) is 2. The molecule has 0 aliphatic heterocycles. The lowest BCUT2D eigenvalue weighted by atomic mass is 10.1. The fraction of sp³-hybridized carbons (Fsp3) is 0.667. The van der Waals surface area contributed by atoms with Gasteiger partial charge in [0.2, 0.25) is 0 Å². The molecule has 0 aliphatic carbocycles. The summed E-state index contributed by atoms with van der Waals surface area (Å²) in [6.07, 6.45) is 2.48. The van der Waals surface area contributed by atoms with Gasteiger partial charge in [0.1, 0.15) is 5.75 Å². The molecule has 0 spiro atoms. The summed E-state index contributed by atoms with van der Waals surface area (Å²) in [5.41, 5.74) is 1.29. The first-order chi connectivity index (χ1) is 10.1. The molecule has 1 aromatic carbocycles. The molecule has 0 atom stereocenters. The topological polar surface area (TPSA) is 30.5 Å². The van der Waals surface area contributed by atoms with Gasteiger partial charge in [0.15, 0.2) is 0 Å². The first kappa shape index (κ1) is 18.0. The van der Waals surface area contributed by atoms with E-state index in [1.807, 2.05) is 0 Å². The Morgan fingerprint density at radius 3 is 2.33 bits per heavy atom. The second kappa shape index (κ2) is 10.6. The van der Waals surface area contributed by atoms with Crippen molar-refractivity contribution in [3.63, 3.8) is 0 Å². The molecule has 1 aromatic rings. The van der Waals surface area contributed by atoms with Crippen molar-refractivity contribution >= 4 is 0 Å². The molecule has 0 amide bonds. The SMILES string of the molecule is CC(C)CCOc1ccc(CNCCCOC(C)C)cc1. The average Bonchev–Trinajstić information content (AvgIpc) is 2.43. The van der Waals surface area contributed by atoms with E-state index in [9.17, 15) is 0 Å². The molecule has 0 bridgehead atoms. The quantitative estimate of drug-likeness (QED) is 0.625. The summed E-state index contributed by atoms with van der Waals surface area (Å²) < 4.78 is 11.2. The Hall–Kier alpha value is -1.06. The number of rotatable bonds is 11.